The Morgan fingerprint density at radius 2 is 2.00 bits per heavy atom. The van der Waals surface area contributed by atoms with E-state index in [4.69, 9.17) is 4.74 Å². The van der Waals surface area contributed by atoms with Crippen LogP contribution in [-0.4, -0.2) is 24.3 Å². The summed E-state index contributed by atoms with van der Waals surface area (Å²) in [5.74, 6) is -1.12. The minimum atomic E-state index is -0.612. The van der Waals surface area contributed by atoms with Crippen molar-refractivity contribution in [1.82, 2.24) is 0 Å². The van der Waals surface area contributed by atoms with Crippen molar-refractivity contribution >= 4 is 45.3 Å². The summed E-state index contributed by atoms with van der Waals surface area (Å²) in [4.78, 5) is 35.3. The van der Waals surface area contributed by atoms with Crippen molar-refractivity contribution in [1.29, 1.82) is 0 Å². The van der Waals surface area contributed by atoms with Crippen molar-refractivity contribution in [3.8, 4) is 10.4 Å². The number of amides is 1. The summed E-state index contributed by atoms with van der Waals surface area (Å²) in [7, 11) is 0. The first-order chi connectivity index (χ1) is 9.99. The zero-order chi connectivity index (χ0) is 15.4. The maximum atomic E-state index is 12.2. The van der Waals surface area contributed by atoms with Crippen LogP contribution in [-0.2, 0) is 14.3 Å². The van der Waals surface area contributed by atoms with Crippen molar-refractivity contribution in [3.05, 3.63) is 28.5 Å². The van der Waals surface area contributed by atoms with Crippen molar-refractivity contribution in [2.45, 2.75) is 13.8 Å². The lowest BCUT2D eigenvalue weighted by Crippen LogP contribution is -2.14. The number of carbonyl (C=O) groups excluding carboxylic acids is 3. The van der Waals surface area contributed by atoms with E-state index in [1.54, 1.807) is 5.38 Å². The van der Waals surface area contributed by atoms with Crippen LogP contribution in [0.4, 0.5) is 5.00 Å². The zero-order valence-corrected chi connectivity index (χ0v) is 13.1. The third-order valence-corrected chi connectivity index (χ3v) is 4.28. The van der Waals surface area contributed by atoms with Crippen LogP contribution in [0.15, 0.2) is 22.9 Å². The first kappa shape index (κ1) is 15.4. The number of hydrogen-bond donors (Lipinski definition) is 1. The molecule has 1 N–H and O–H groups in total. The van der Waals surface area contributed by atoms with Gasteiger partial charge in [-0.05, 0) is 18.4 Å². The van der Waals surface area contributed by atoms with Gasteiger partial charge in [-0.1, -0.05) is 6.07 Å². The van der Waals surface area contributed by atoms with Crippen LogP contribution in [0.1, 0.15) is 24.2 Å². The quantitative estimate of drug-likeness (QED) is 0.858. The van der Waals surface area contributed by atoms with Crippen LogP contribution < -0.4 is 5.32 Å². The Bertz CT molecular complexity index is 673. The Balaban J connectivity index is 2.38. The van der Waals surface area contributed by atoms with Crippen LogP contribution in [0, 0.1) is 0 Å². The molecule has 0 fully saturated rings. The number of anilines is 1. The fourth-order valence-corrected chi connectivity index (χ4v) is 3.48. The number of carbonyl (C=O) groups is 3. The van der Waals surface area contributed by atoms with E-state index in [0.717, 1.165) is 4.88 Å². The van der Waals surface area contributed by atoms with Crippen molar-refractivity contribution in [3.63, 3.8) is 0 Å². The van der Waals surface area contributed by atoms with Gasteiger partial charge in [0.2, 0.25) is 5.91 Å². The first-order valence-corrected chi connectivity index (χ1v) is 7.84. The summed E-state index contributed by atoms with van der Waals surface area (Å²) in [6.45, 7) is 2.43. The highest BCUT2D eigenvalue weighted by Crippen LogP contribution is 2.38. The molecule has 110 valence electrons. The predicted molar refractivity (Wildman–Crippen MR) is 82.9 cm³/mol. The minimum absolute atomic E-state index is 0.239. The lowest BCUT2D eigenvalue weighted by molar-refractivity contribution is -0.120. The second kappa shape index (κ2) is 6.64. The number of nitrogens with one attached hydrogen (secondary N) is 1. The molecule has 5 nitrogen and oxygen atoms in total. The van der Waals surface area contributed by atoms with E-state index in [-0.39, 0.29) is 18.3 Å². The molecule has 7 heteroatoms. The van der Waals surface area contributed by atoms with Gasteiger partial charge in [0.25, 0.3) is 0 Å². The summed E-state index contributed by atoms with van der Waals surface area (Å²) < 4.78 is 4.98. The topological polar surface area (TPSA) is 72.5 Å². The Kier molecular flexibility index (Phi) is 4.87. The molecule has 0 saturated carbocycles. The van der Waals surface area contributed by atoms with Crippen molar-refractivity contribution in [2.75, 3.05) is 11.9 Å². The monoisotopic (exact) mass is 323 g/mol. The molecule has 2 aromatic rings. The maximum absolute atomic E-state index is 12.2. The molecule has 2 heterocycles. The van der Waals surface area contributed by atoms with Crippen LogP contribution >= 0.6 is 22.7 Å². The molecule has 0 aliphatic carbocycles. The van der Waals surface area contributed by atoms with E-state index < -0.39 is 5.97 Å². The summed E-state index contributed by atoms with van der Waals surface area (Å²) in [5.41, 5.74) is 0.992. The second-order valence-corrected chi connectivity index (χ2v) is 6.12. The third kappa shape index (κ3) is 3.77. The van der Waals surface area contributed by atoms with Gasteiger partial charge in [-0.15, -0.1) is 22.7 Å². The SMILES string of the molecule is CC(=O)COC(=O)c1c(-c2cccs2)csc1NC(C)=O. The molecule has 0 saturated heterocycles. The summed E-state index contributed by atoms with van der Waals surface area (Å²) in [5, 5.41) is 6.74. The molecule has 0 bridgehead atoms. The second-order valence-electron chi connectivity index (χ2n) is 4.29. The van der Waals surface area contributed by atoms with Crippen molar-refractivity contribution in [2.24, 2.45) is 0 Å². The zero-order valence-electron chi connectivity index (χ0n) is 11.5. The third-order valence-electron chi connectivity index (χ3n) is 2.48. The highest BCUT2D eigenvalue weighted by Gasteiger charge is 2.23. The van der Waals surface area contributed by atoms with Gasteiger partial charge in [0.15, 0.2) is 5.78 Å². The van der Waals surface area contributed by atoms with E-state index in [2.05, 4.69) is 5.32 Å². The largest absolute Gasteiger partial charge is 0.454 e. The normalized spacial score (nSPS) is 10.2. The fraction of sp³-hybridized carbons (Fsp3) is 0.214. The van der Waals surface area contributed by atoms with Crippen LogP contribution in [0.25, 0.3) is 10.4 Å². The molecule has 1 amide bonds. The standard InChI is InChI=1S/C14H13NO4S2/c1-8(16)6-19-14(18)12-10(11-4-3-5-20-11)7-21-13(12)15-9(2)17/h3-5,7H,6H2,1-2H3,(H,15,17). The van der Waals surface area contributed by atoms with Crippen LogP contribution in [0.3, 0.4) is 0 Å². The first-order valence-electron chi connectivity index (χ1n) is 6.08. The molecule has 2 aromatic heterocycles. The van der Waals surface area contributed by atoms with Gasteiger partial charge in [-0.25, -0.2) is 4.79 Å². The predicted octanol–water partition coefficient (Wildman–Crippen LogP) is 3.18. The Morgan fingerprint density at radius 1 is 1.24 bits per heavy atom. The lowest BCUT2D eigenvalue weighted by Gasteiger charge is -2.07. The van der Waals surface area contributed by atoms with Gasteiger partial charge in [0, 0.05) is 22.7 Å². The average molecular weight is 323 g/mol. The maximum Gasteiger partial charge on any atom is 0.342 e. The number of rotatable bonds is 5. The van der Waals surface area contributed by atoms with E-state index >= 15 is 0 Å². The van der Waals surface area contributed by atoms with Gasteiger partial charge in [-0.3, -0.25) is 9.59 Å². The molecule has 21 heavy (non-hydrogen) atoms. The molecule has 0 radical (unpaired) electrons. The molecule has 0 atom stereocenters. The Labute approximate surface area is 129 Å². The van der Waals surface area contributed by atoms with Crippen LogP contribution in [0.5, 0.6) is 0 Å². The number of Topliss-reactive ketones (excluding diaryl/α,β-unsaturated/α-hetero) is 1. The van der Waals surface area contributed by atoms with E-state index in [0.29, 0.717) is 16.1 Å². The van der Waals surface area contributed by atoms with E-state index in [1.165, 1.54) is 36.5 Å². The smallest absolute Gasteiger partial charge is 0.342 e. The van der Waals surface area contributed by atoms with Gasteiger partial charge >= 0.3 is 5.97 Å². The molecular formula is C14H13NO4S2. The van der Waals surface area contributed by atoms with E-state index in [1.807, 2.05) is 17.5 Å². The minimum Gasteiger partial charge on any atom is -0.454 e. The Morgan fingerprint density at radius 3 is 2.57 bits per heavy atom. The Hall–Kier alpha value is -1.99. The van der Waals surface area contributed by atoms with Gasteiger partial charge in [0.1, 0.15) is 17.2 Å². The van der Waals surface area contributed by atoms with Gasteiger partial charge in [0.05, 0.1) is 0 Å². The highest BCUT2D eigenvalue weighted by molar-refractivity contribution is 7.17. The lowest BCUT2D eigenvalue weighted by atomic mass is 10.1. The summed E-state index contributed by atoms with van der Waals surface area (Å²) in [6, 6.07) is 3.76. The van der Waals surface area contributed by atoms with E-state index in [9.17, 15) is 14.4 Å². The number of ketones is 1. The summed E-state index contributed by atoms with van der Waals surface area (Å²) in [6.07, 6.45) is 0. The molecule has 0 aromatic carbocycles. The van der Waals surface area contributed by atoms with Crippen molar-refractivity contribution < 1.29 is 19.1 Å². The number of esters is 1. The number of thiophene rings is 2. The number of hydrogen-bond acceptors (Lipinski definition) is 6. The highest BCUT2D eigenvalue weighted by atomic mass is 32.1. The number of ether oxygens (including phenoxy) is 1. The molecule has 0 aliphatic heterocycles. The summed E-state index contributed by atoms with van der Waals surface area (Å²) >= 11 is 2.74. The van der Waals surface area contributed by atoms with Gasteiger partial charge < -0.3 is 10.1 Å². The fourth-order valence-electron chi connectivity index (χ4n) is 1.66. The molecule has 2 rings (SSSR count). The molecule has 0 aliphatic rings. The molecule has 0 unspecified atom stereocenters. The molecular weight excluding hydrogens is 310 g/mol. The van der Waals surface area contributed by atoms with Gasteiger partial charge in [-0.2, -0.15) is 0 Å². The van der Waals surface area contributed by atoms with Crippen LogP contribution in [0.2, 0.25) is 0 Å². The molecule has 0 spiro atoms. The average Bonchev–Trinajstić information content (AvgIpc) is 3.03.